The van der Waals surface area contributed by atoms with E-state index >= 15 is 0 Å². The molecule has 0 N–H and O–H groups in total. The van der Waals surface area contributed by atoms with Gasteiger partial charge in [0.15, 0.2) is 0 Å². The summed E-state index contributed by atoms with van der Waals surface area (Å²) in [5, 5.41) is 0. The minimum absolute atomic E-state index is 0.391. The lowest BCUT2D eigenvalue weighted by Crippen LogP contribution is -2.08. The summed E-state index contributed by atoms with van der Waals surface area (Å²) < 4.78 is 37.1. The molecule has 0 radical (unpaired) electrons. The fourth-order valence-corrected chi connectivity index (χ4v) is 1.20. The van der Waals surface area contributed by atoms with Crippen LogP contribution in [0.1, 0.15) is 39.0 Å². The molecule has 0 amide bonds. The van der Waals surface area contributed by atoms with Crippen molar-refractivity contribution >= 4 is 5.71 Å². The van der Waals surface area contributed by atoms with Gasteiger partial charge in [0.25, 0.3) is 0 Å². The molecule has 0 saturated carbocycles. The first-order valence-corrected chi connectivity index (χ1v) is 5.96. The third kappa shape index (κ3) is 4.50. The van der Waals surface area contributed by atoms with Crippen molar-refractivity contribution in [1.82, 2.24) is 4.98 Å². The van der Waals surface area contributed by atoms with Crippen LogP contribution in [0.25, 0.3) is 0 Å². The average molecular weight is 270 g/mol. The molecule has 0 unspecified atom stereocenters. The Morgan fingerprint density at radius 3 is 2.32 bits per heavy atom. The smallest absolute Gasteiger partial charge is 0.261 e. The Hall–Kier alpha value is -1.65. The minimum Gasteiger partial charge on any atom is -0.261 e. The van der Waals surface area contributed by atoms with E-state index in [1.165, 1.54) is 12.3 Å². The molecule has 1 rings (SSSR count). The molecule has 0 aliphatic carbocycles. The maximum absolute atomic E-state index is 12.4. The molecule has 0 spiro atoms. The number of hydrogen-bond donors (Lipinski definition) is 0. The SMILES string of the molecule is CC(=N/C=C(\C)C(C)C)c1ccc(C(F)(F)F)nc1. The molecule has 0 bridgehead atoms. The Bertz CT molecular complexity index is 482. The van der Waals surface area contributed by atoms with E-state index in [0.717, 1.165) is 11.6 Å². The monoisotopic (exact) mass is 270 g/mol. The number of alkyl halides is 3. The van der Waals surface area contributed by atoms with Crippen LogP contribution in [0.4, 0.5) is 13.2 Å². The van der Waals surface area contributed by atoms with Crippen molar-refractivity contribution in [2.75, 3.05) is 0 Å². The van der Waals surface area contributed by atoms with E-state index in [2.05, 4.69) is 23.8 Å². The lowest BCUT2D eigenvalue weighted by atomic mass is 10.1. The lowest BCUT2D eigenvalue weighted by Gasteiger charge is -2.06. The van der Waals surface area contributed by atoms with Crippen LogP contribution in [0, 0.1) is 5.92 Å². The standard InChI is InChI=1S/C14H17F3N2/c1-9(2)10(3)7-18-11(4)12-5-6-13(19-8-12)14(15,16)17/h5-9H,1-4H3/b10-7+,18-11?. The molecule has 1 aromatic rings. The summed E-state index contributed by atoms with van der Waals surface area (Å²) in [6, 6.07) is 2.35. The van der Waals surface area contributed by atoms with Crippen LogP contribution in [0.3, 0.4) is 0 Å². The summed E-state index contributed by atoms with van der Waals surface area (Å²) in [6.45, 7) is 7.81. The average Bonchev–Trinajstić information content (AvgIpc) is 2.34. The zero-order valence-corrected chi connectivity index (χ0v) is 11.4. The fraction of sp³-hybridized carbons (Fsp3) is 0.429. The second-order valence-electron chi connectivity index (χ2n) is 4.67. The predicted octanol–water partition coefficient (Wildman–Crippen LogP) is 4.47. The van der Waals surface area contributed by atoms with Crippen molar-refractivity contribution in [1.29, 1.82) is 0 Å². The summed E-state index contributed by atoms with van der Waals surface area (Å²) in [4.78, 5) is 7.65. The molecular formula is C14H17F3N2. The van der Waals surface area contributed by atoms with Gasteiger partial charge in [-0.3, -0.25) is 9.98 Å². The van der Waals surface area contributed by atoms with Gasteiger partial charge in [-0.1, -0.05) is 19.4 Å². The Balaban J connectivity index is 2.93. The molecule has 104 valence electrons. The Kier molecular flexibility index (Phi) is 4.86. The molecule has 2 nitrogen and oxygen atoms in total. The van der Waals surface area contributed by atoms with Gasteiger partial charge in [0.05, 0.1) is 0 Å². The third-order valence-corrected chi connectivity index (χ3v) is 2.84. The maximum atomic E-state index is 12.4. The number of hydrogen-bond acceptors (Lipinski definition) is 2. The van der Waals surface area contributed by atoms with Gasteiger partial charge in [0, 0.05) is 23.7 Å². The van der Waals surface area contributed by atoms with E-state index in [1.807, 2.05) is 6.92 Å². The molecule has 1 aromatic heterocycles. The number of halogens is 3. The highest BCUT2D eigenvalue weighted by Crippen LogP contribution is 2.27. The van der Waals surface area contributed by atoms with E-state index in [4.69, 9.17) is 0 Å². The molecule has 0 aliphatic rings. The first-order chi connectivity index (χ1) is 8.71. The molecule has 19 heavy (non-hydrogen) atoms. The van der Waals surface area contributed by atoms with E-state index in [9.17, 15) is 13.2 Å². The first kappa shape index (κ1) is 15.4. The van der Waals surface area contributed by atoms with Gasteiger partial charge in [0.1, 0.15) is 5.69 Å². The summed E-state index contributed by atoms with van der Waals surface area (Å²) in [5.41, 5.74) is 1.44. The second kappa shape index (κ2) is 5.99. The summed E-state index contributed by atoms with van der Waals surface area (Å²) in [5.74, 6) is 0.391. The van der Waals surface area contributed by atoms with Gasteiger partial charge >= 0.3 is 6.18 Å². The predicted molar refractivity (Wildman–Crippen MR) is 70.0 cm³/mol. The zero-order valence-electron chi connectivity index (χ0n) is 11.4. The van der Waals surface area contributed by atoms with Gasteiger partial charge in [-0.05, 0) is 31.9 Å². The Morgan fingerprint density at radius 2 is 1.89 bits per heavy atom. The van der Waals surface area contributed by atoms with Crippen molar-refractivity contribution in [3.05, 3.63) is 41.4 Å². The number of aliphatic imine (C=N–C) groups is 1. The number of allylic oxidation sites excluding steroid dienone is 1. The van der Waals surface area contributed by atoms with Gasteiger partial charge < -0.3 is 0 Å². The van der Waals surface area contributed by atoms with Crippen molar-refractivity contribution in [2.24, 2.45) is 10.9 Å². The van der Waals surface area contributed by atoms with Crippen molar-refractivity contribution in [2.45, 2.75) is 33.9 Å². The normalized spacial score (nSPS) is 14.1. The van der Waals surface area contributed by atoms with E-state index in [1.54, 1.807) is 13.1 Å². The van der Waals surface area contributed by atoms with Gasteiger partial charge in [0.2, 0.25) is 0 Å². The fourth-order valence-electron chi connectivity index (χ4n) is 1.20. The molecule has 0 fully saturated rings. The first-order valence-electron chi connectivity index (χ1n) is 5.96. The van der Waals surface area contributed by atoms with Crippen molar-refractivity contribution in [3.63, 3.8) is 0 Å². The summed E-state index contributed by atoms with van der Waals surface area (Å²) >= 11 is 0. The topological polar surface area (TPSA) is 25.2 Å². The molecule has 5 heteroatoms. The Labute approximate surface area is 111 Å². The minimum atomic E-state index is -4.41. The highest BCUT2D eigenvalue weighted by Gasteiger charge is 2.32. The van der Waals surface area contributed by atoms with E-state index in [-0.39, 0.29) is 0 Å². The highest BCUT2D eigenvalue weighted by molar-refractivity contribution is 5.98. The molecule has 0 aromatic carbocycles. The van der Waals surface area contributed by atoms with Gasteiger partial charge in [-0.15, -0.1) is 0 Å². The van der Waals surface area contributed by atoms with E-state index in [0.29, 0.717) is 17.2 Å². The number of nitrogens with zero attached hydrogens (tertiary/aromatic N) is 2. The molecular weight excluding hydrogens is 253 g/mol. The van der Waals surface area contributed by atoms with Crippen LogP contribution < -0.4 is 0 Å². The molecule has 0 atom stereocenters. The lowest BCUT2D eigenvalue weighted by molar-refractivity contribution is -0.141. The number of rotatable bonds is 3. The highest BCUT2D eigenvalue weighted by atomic mass is 19.4. The largest absolute Gasteiger partial charge is 0.433 e. The van der Waals surface area contributed by atoms with Crippen LogP contribution in [0.5, 0.6) is 0 Å². The molecule has 1 heterocycles. The zero-order chi connectivity index (χ0) is 14.6. The van der Waals surface area contributed by atoms with Gasteiger partial charge in [-0.2, -0.15) is 13.2 Å². The summed E-state index contributed by atoms with van der Waals surface area (Å²) in [7, 11) is 0. The second-order valence-corrected chi connectivity index (χ2v) is 4.67. The maximum Gasteiger partial charge on any atom is 0.433 e. The quantitative estimate of drug-likeness (QED) is 0.744. The molecule has 0 saturated heterocycles. The third-order valence-electron chi connectivity index (χ3n) is 2.84. The number of aromatic nitrogens is 1. The van der Waals surface area contributed by atoms with Crippen LogP contribution >= 0.6 is 0 Å². The van der Waals surface area contributed by atoms with Crippen LogP contribution in [0.2, 0.25) is 0 Å². The van der Waals surface area contributed by atoms with Crippen LogP contribution in [0.15, 0.2) is 35.1 Å². The Morgan fingerprint density at radius 1 is 1.26 bits per heavy atom. The van der Waals surface area contributed by atoms with Crippen molar-refractivity contribution < 1.29 is 13.2 Å². The summed E-state index contributed by atoms with van der Waals surface area (Å²) in [6.07, 6.45) is -1.48. The van der Waals surface area contributed by atoms with Crippen LogP contribution in [-0.2, 0) is 6.18 Å². The van der Waals surface area contributed by atoms with Crippen molar-refractivity contribution in [3.8, 4) is 0 Å². The number of pyridine rings is 1. The molecule has 0 aliphatic heterocycles. The van der Waals surface area contributed by atoms with Crippen LogP contribution in [-0.4, -0.2) is 10.7 Å². The van der Waals surface area contributed by atoms with Gasteiger partial charge in [-0.25, -0.2) is 0 Å². The van der Waals surface area contributed by atoms with E-state index < -0.39 is 11.9 Å².